The van der Waals surface area contributed by atoms with Gasteiger partial charge in [0.1, 0.15) is 0 Å². The Hall–Kier alpha value is -0.231. The first-order valence-corrected chi connectivity index (χ1v) is 11.1. The van der Waals surface area contributed by atoms with E-state index in [-0.39, 0.29) is 14.7 Å². The van der Waals surface area contributed by atoms with Gasteiger partial charge in [0, 0.05) is 0 Å². The number of aromatic nitrogens is 2. The Morgan fingerprint density at radius 2 is 2.14 bits per heavy atom. The molecule has 7 heteroatoms. The van der Waals surface area contributed by atoms with Crippen molar-refractivity contribution in [2.75, 3.05) is 5.75 Å². The molecule has 0 atom stereocenters. The number of nitrogens with zero attached hydrogens (tertiary/aromatic N) is 2. The summed E-state index contributed by atoms with van der Waals surface area (Å²) < 4.78 is 7.05. The van der Waals surface area contributed by atoms with Gasteiger partial charge in [-0.15, -0.1) is 0 Å². The van der Waals surface area contributed by atoms with Gasteiger partial charge < -0.3 is 0 Å². The van der Waals surface area contributed by atoms with Crippen molar-refractivity contribution < 1.29 is 0 Å². The first-order valence-electron chi connectivity index (χ1n) is 6.34. The molecular formula is C14H7ClN2S3Se. The second-order valence-electron chi connectivity index (χ2n) is 4.83. The number of rotatable bonds is 0. The zero-order valence-corrected chi connectivity index (χ0v) is 15.5. The van der Waals surface area contributed by atoms with E-state index in [2.05, 4.69) is 21.3 Å². The van der Waals surface area contributed by atoms with E-state index < -0.39 is 0 Å². The Morgan fingerprint density at radius 1 is 1.19 bits per heavy atom. The molecule has 2 aliphatic rings. The molecule has 104 valence electrons. The second kappa shape index (κ2) is 4.88. The van der Waals surface area contributed by atoms with Crippen LogP contribution in [0.4, 0.5) is 0 Å². The molecule has 0 N–H and O–H groups in total. The van der Waals surface area contributed by atoms with Crippen LogP contribution in [-0.2, 0) is 5.75 Å². The summed E-state index contributed by atoms with van der Waals surface area (Å²) in [6.07, 6.45) is 0. The number of benzene rings is 1. The normalized spacial score (nSPS) is 16.8. The minimum atomic E-state index is 0.236. The predicted molar refractivity (Wildman–Crippen MR) is 94.6 cm³/mol. The standard InChI is InChI=1S/C14H7ClN2S3Se/c15-6-1-2-9-7(3-6)12-14(20-9)13-8(4-18-12)11-10(5-19-13)21-17-16-11/h1-3H,4-5H2. The van der Waals surface area contributed by atoms with E-state index in [4.69, 9.17) is 11.6 Å². The average molecular weight is 414 g/mol. The van der Waals surface area contributed by atoms with Crippen molar-refractivity contribution in [3.63, 3.8) is 0 Å². The Labute approximate surface area is 145 Å². The molecule has 0 unspecified atom stereocenters. The third kappa shape index (κ3) is 1.94. The third-order valence-electron chi connectivity index (χ3n) is 3.64. The zero-order chi connectivity index (χ0) is 14.0. The number of thioether (sulfide) groups is 2. The Kier molecular flexibility index (Phi) is 3.08. The van der Waals surface area contributed by atoms with Crippen LogP contribution in [0.5, 0.6) is 0 Å². The summed E-state index contributed by atoms with van der Waals surface area (Å²) >= 11 is 12.2. The van der Waals surface area contributed by atoms with Crippen LogP contribution in [0, 0.1) is 0 Å². The van der Waals surface area contributed by atoms with E-state index in [1.54, 1.807) is 0 Å². The van der Waals surface area contributed by atoms with Gasteiger partial charge in [0.25, 0.3) is 0 Å². The summed E-state index contributed by atoms with van der Waals surface area (Å²) in [6.45, 7) is 0. The van der Waals surface area contributed by atoms with Crippen molar-refractivity contribution in [2.45, 2.75) is 10.6 Å². The van der Waals surface area contributed by atoms with Crippen LogP contribution < -0.4 is 0 Å². The number of fused-ring (bicyclic) bond motifs is 6. The SMILES string of the molecule is Clc1ccc2sc3c(c2c1)SCC1=C3SCc2[se]nnc21. The summed E-state index contributed by atoms with van der Waals surface area (Å²) in [5.41, 5.74) is 2.59. The maximum absolute atomic E-state index is 6.17. The fraction of sp³-hybridized carbons (Fsp3) is 0.143. The third-order valence-corrected chi connectivity index (χ3v) is 9.56. The van der Waals surface area contributed by atoms with Gasteiger partial charge in [-0.1, -0.05) is 0 Å². The number of hydrogen-bond acceptors (Lipinski definition) is 5. The summed E-state index contributed by atoms with van der Waals surface area (Å²) in [4.78, 5) is 4.23. The minimum absolute atomic E-state index is 0.236. The Balaban J connectivity index is 1.80. The molecule has 0 radical (unpaired) electrons. The van der Waals surface area contributed by atoms with E-state index in [9.17, 15) is 0 Å². The number of thiophene rings is 1. The molecule has 0 fully saturated rings. The van der Waals surface area contributed by atoms with Crippen LogP contribution in [0.25, 0.3) is 20.6 Å². The Bertz CT molecular complexity index is 928. The van der Waals surface area contributed by atoms with Crippen LogP contribution in [0.3, 0.4) is 0 Å². The van der Waals surface area contributed by atoms with Crippen LogP contribution in [0.15, 0.2) is 23.1 Å². The molecule has 3 aromatic rings. The fourth-order valence-electron chi connectivity index (χ4n) is 2.69. The van der Waals surface area contributed by atoms with Gasteiger partial charge >= 0.3 is 146 Å². The van der Waals surface area contributed by atoms with E-state index in [1.165, 1.54) is 40.5 Å². The van der Waals surface area contributed by atoms with Crippen molar-refractivity contribution in [1.29, 1.82) is 0 Å². The molecule has 0 spiro atoms. The van der Waals surface area contributed by atoms with E-state index in [0.717, 1.165) is 16.5 Å². The molecule has 0 saturated heterocycles. The van der Waals surface area contributed by atoms with Gasteiger partial charge in [0.05, 0.1) is 0 Å². The molecule has 2 aromatic heterocycles. The van der Waals surface area contributed by atoms with Crippen LogP contribution >= 0.6 is 46.5 Å². The first kappa shape index (κ1) is 13.2. The van der Waals surface area contributed by atoms with Gasteiger partial charge in [-0.05, 0) is 0 Å². The molecular weight excluding hydrogens is 407 g/mol. The topological polar surface area (TPSA) is 25.8 Å². The summed E-state index contributed by atoms with van der Waals surface area (Å²) in [7, 11) is 0. The van der Waals surface area contributed by atoms with Crippen molar-refractivity contribution in [2.24, 2.45) is 0 Å². The molecule has 2 nitrogen and oxygen atoms in total. The monoisotopic (exact) mass is 414 g/mol. The molecule has 1 aromatic carbocycles. The van der Waals surface area contributed by atoms with Gasteiger partial charge in [-0.25, -0.2) is 0 Å². The molecule has 0 aliphatic carbocycles. The fourth-order valence-corrected chi connectivity index (χ4v) is 8.59. The summed E-state index contributed by atoms with van der Waals surface area (Å²) in [5.74, 6) is 2.06. The predicted octanol–water partition coefficient (Wildman–Crippen LogP) is 4.62. The van der Waals surface area contributed by atoms with Crippen molar-refractivity contribution >= 4 is 81.8 Å². The van der Waals surface area contributed by atoms with E-state index >= 15 is 0 Å². The van der Waals surface area contributed by atoms with Crippen LogP contribution in [0.1, 0.15) is 15.0 Å². The van der Waals surface area contributed by atoms with Gasteiger partial charge in [0.15, 0.2) is 0 Å². The molecule has 2 aliphatic heterocycles. The molecule has 4 heterocycles. The van der Waals surface area contributed by atoms with Crippen molar-refractivity contribution in [1.82, 2.24) is 9.19 Å². The van der Waals surface area contributed by atoms with Crippen molar-refractivity contribution in [3.8, 4) is 0 Å². The molecule has 0 amide bonds. The first-order chi connectivity index (χ1) is 10.3. The van der Waals surface area contributed by atoms with Gasteiger partial charge in [-0.2, -0.15) is 0 Å². The summed E-state index contributed by atoms with van der Waals surface area (Å²) in [6, 6.07) is 6.22. The average Bonchev–Trinajstić information content (AvgIpc) is 3.10. The molecule has 0 saturated carbocycles. The van der Waals surface area contributed by atoms with Gasteiger partial charge in [-0.3, -0.25) is 0 Å². The quantitative estimate of drug-likeness (QED) is 0.502. The number of halogens is 1. The van der Waals surface area contributed by atoms with Gasteiger partial charge in [0.2, 0.25) is 0 Å². The number of hydrogen-bond donors (Lipinski definition) is 0. The van der Waals surface area contributed by atoms with Crippen LogP contribution in [0.2, 0.25) is 5.02 Å². The van der Waals surface area contributed by atoms with E-state index in [1.807, 2.05) is 40.9 Å². The van der Waals surface area contributed by atoms with E-state index in [0.29, 0.717) is 0 Å². The zero-order valence-electron chi connectivity index (χ0n) is 10.6. The Morgan fingerprint density at radius 3 is 3.10 bits per heavy atom. The molecule has 0 bridgehead atoms. The second-order valence-corrected chi connectivity index (χ2v) is 10.0. The van der Waals surface area contributed by atoms with Crippen molar-refractivity contribution in [3.05, 3.63) is 38.2 Å². The maximum atomic E-state index is 6.17. The molecule has 5 rings (SSSR count). The molecule has 21 heavy (non-hydrogen) atoms. The van der Waals surface area contributed by atoms with Crippen LogP contribution in [-0.4, -0.2) is 29.7 Å². The summed E-state index contributed by atoms with van der Waals surface area (Å²) in [5, 5.41) is 6.53.